The molecular formula is C23H28N4O5S. The number of aromatic nitrogens is 2. The molecule has 0 spiro atoms. The number of thiazole rings is 1. The maximum atomic E-state index is 9.10. The molecule has 4 rings (SSSR count). The number of aliphatic carboxylic acids is 2. The van der Waals surface area contributed by atoms with Gasteiger partial charge in [0.05, 0.1) is 15.6 Å². The van der Waals surface area contributed by atoms with Crippen LogP contribution in [0.5, 0.6) is 0 Å². The van der Waals surface area contributed by atoms with Crippen LogP contribution in [0.3, 0.4) is 0 Å². The zero-order chi connectivity index (χ0) is 23.8. The van der Waals surface area contributed by atoms with Gasteiger partial charge in [0.1, 0.15) is 5.82 Å². The van der Waals surface area contributed by atoms with Crippen molar-refractivity contribution in [1.29, 1.82) is 0 Å². The minimum Gasteiger partial charge on any atom is -0.473 e. The molecule has 3 heterocycles. The van der Waals surface area contributed by atoms with E-state index in [0.29, 0.717) is 0 Å². The highest BCUT2D eigenvalue weighted by Crippen LogP contribution is 2.33. The average Bonchev–Trinajstić information content (AvgIpc) is 3.31. The van der Waals surface area contributed by atoms with E-state index in [-0.39, 0.29) is 6.61 Å². The lowest BCUT2D eigenvalue weighted by Crippen LogP contribution is -2.46. The molecule has 3 aromatic rings. The highest BCUT2D eigenvalue weighted by Gasteiger charge is 2.20. The summed E-state index contributed by atoms with van der Waals surface area (Å²) in [5, 5.41) is 27.3. The lowest BCUT2D eigenvalue weighted by Gasteiger charge is -2.35. The number of hydrogen-bond acceptors (Lipinski definition) is 8. The number of fused-ring (bicyclic) bond motifs is 1. The molecule has 1 saturated heterocycles. The summed E-state index contributed by atoms with van der Waals surface area (Å²) in [4.78, 5) is 33.8. The van der Waals surface area contributed by atoms with Crippen molar-refractivity contribution < 1.29 is 24.9 Å². The Morgan fingerprint density at radius 2 is 1.79 bits per heavy atom. The Morgan fingerprint density at radius 3 is 2.42 bits per heavy atom. The van der Waals surface area contributed by atoms with Crippen molar-refractivity contribution in [1.82, 2.24) is 14.9 Å². The molecule has 33 heavy (non-hydrogen) atoms. The number of carboxylic acids is 2. The molecule has 3 N–H and O–H groups in total. The van der Waals surface area contributed by atoms with Crippen molar-refractivity contribution in [3.63, 3.8) is 0 Å². The number of aryl methyl sites for hydroxylation is 1. The maximum Gasteiger partial charge on any atom is 0.414 e. The summed E-state index contributed by atoms with van der Waals surface area (Å²) in [6.07, 6.45) is 3.50. The molecule has 1 aromatic carbocycles. The standard InChI is InChI=1S/C21H26N4OS.C2H2O4/c1-2-24-9-11-25(12-10-24)21-17-7-4-3-6-16(17)14-18(23-21)19-15-22-20(27-19)8-5-13-26;3-1(4)2(5)6/h3-4,6-7,14-15,26H,2,5,8-13H2,1H3;(H,3,4)(H,5,6). The second-order valence-corrected chi connectivity index (χ2v) is 8.64. The van der Waals surface area contributed by atoms with Gasteiger partial charge in [-0.05, 0) is 24.4 Å². The van der Waals surface area contributed by atoms with E-state index in [1.165, 1.54) is 10.8 Å². The molecule has 0 atom stereocenters. The summed E-state index contributed by atoms with van der Waals surface area (Å²) in [5.74, 6) is -2.56. The molecule has 1 aliphatic rings. The van der Waals surface area contributed by atoms with Gasteiger partial charge in [-0.2, -0.15) is 0 Å². The minimum atomic E-state index is -1.82. The fourth-order valence-corrected chi connectivity index (χ4v) is 4.52. The van der Waals surface area contributed by atoms with Crippen molar-refractivity contribution in [2.45, 2.75) is 19.8 Å². The maximum absolute atomic E-state index is 9.10. The third kappa shape index (κ3) is 6.47. The number of anilines is 1. The number of aliphatic hydroxyl groups is 1. The lowest BCUT2D eigenvalue weighted by atomic mass is 10.1. The SMILES string of the molecule is CCN1CCN(c2nc(-c3cnc(CCCO)s3)cc3ccccc23)CC1.O=C(O)C(=O)O. The van der Waals surface area contributed by atoms with E-state index >= 15 is 0 Å². The van der Waals surface area contributed by atoms with Gasteiger partial charge < -0.3 is 25.1 Å². The first-order valence-corrected chi connectivity index (χ1v) is 11.6. The number of carboxylic acid groups (broad SMARTS) is 2. The summed E-state index contributed by atoms with van der Waals surface area (Å²) in [5.41, 5.74) is 0.995. The lowest BCUT2D eigenvalue weighted by molar-refractivity contribution is -0.159. The van der Waals surface area contributed by atoms with E-state index in [4.69, 9.17) is 29.9 Å². The van der Waals surface area contributed by atoms with Crippen LogP contribution in [0, 0.1) is 0 Å². The van der Waals surface area contributed by atoms with Crippen LogP contribution in [-0.4, -0.2) is 81.5 Å². The molecule has 0 aliphatic carbocycles. The van der Waals surface area contributed by atoms with Crippen LogP contribution in [0.25, 0.3) is 21.3 Å². The highest BCUT2D eigenvalue weighted by atomic mass is 32.1. The Morgan fingerprint density at radius 1 is 1.09 bits per heavy atom. The van der Waals surface area contributed by atoms with Gasteiger partial charge in [0.15, 0.2) is 0 Å². The average molecular weight is 473 g/mol. The van der Waals surface area contributed by atoms with Gasteiger partial charge in [-0.3, -0.25) is 0 Å². The summed E-state index contributed by atoms with van der Waals surface area (Å²) in [6, 6.07) is 10.7. The van der Waals surface area contributed by atoms with Crippen LogP contribution < -0.4 is 4.90 Å². The van der Waals surface area contributed by atoms with Gasteiger partial charge in [0.25, 0.3) is 0 Å². The van der Waals surface area contributed by atoms with Crippen molar-refractivity contribution >= 4 is 39.9 Å². The Labute approximate surface area is 195 Å². The van der Waals surface area contributed by atoms with Crippen LogP contribution in [0.4, 0.5) is 5.82 Å². The molecule has 9 nitrogen and oxygen atoms in total. The summed E-state index contributed by atoms with van der Waals surface area (Å²) in [7, 11) is 0. The first-order valence-electron chi connectivity index (χ1n) is 10.8. The quantitative estimate of drug-likeness (QED) is 0.464. The zero-order valence-corrected chi connectivity index (χ0v) is 19.3. The number of aliphatic hydroxyl groups excluding tert-OH is 1. The third-order valence-electron chi connectivity index (χ3n) is 5.38. The molecule has 0 amide bonds. The predicted molar refractivity (Wildman–Crippen MR) is 128 cm³/mol. The van der Waals surface area contributed by atoms with Crippen molar-refractivity contribution in [2.75, 3.05) is 44.2 Å². The normalized spacial score (nSPS) is 14.1. The molecule has 1 aliphatic heterocycles. The summed E-state index contributed by atoms with van der Waals surface area (Å²) >= 11 is 1.68. The predicted octanol–water partition coefficient (Wildman–Crippen LogP) is 2.58. The van der Waals surface area contributed by atoms with E-state index in [9.17, 15) is 0 Å². The number of benzene rings is 1. The van der Waals surface area contributed by atoms with Gasteiger partial charge in [0, 0.05) is 50.8 Å². The van der Waals surface area contributed by atoms with Crippen molar-refractivity contribution in [2.24, 2.45) is 0 Å². The van der Waals surface area contributed by atoms with Crippen LogP contribution in [-0.2, 0) is 16.0 Å². The highest BCUT2D eigenvalue weighted by molar-refractivity contribution is 7.15. The molecule has 0 unspecified atom stereocenters. The Hall–Kier alpha value is -3.08. The number of likely N-dealkylation sites (N-methyl/N-ethyl adjacent to an activating group) is 1. The largest absolute Gasteiger partial charge is 0.473 e. The van der Waals surface area contributed by atoms with Crippen LogP contribution in [0.1, 0.15) is 18.4 Å². The van der Waals surface area contributed by atoms with Crippen LogP contribution in [0.2, 0.25) is 0 Å². The summed E-state index contributed by atoms with van der Waals surface area (Å²) < 4.78 is 0. The minimum absolute atomic E-state index is 0.205. The zero-order valence-electron chi connectivity index (χ0n) is 18.5. The number of rotatable bonds is 6. The molecule has 10 heteroatoms. The van der Waals surface area contributed by atoms with E-state index in [1.54, 1.807) is 11.3 Å². The Balaban J connectivity index is 0.000000454. The monoisotopic (exact) mass is 472 g/mol. The Bertz CT molecular complexity index is 1080. The van der Waals surface area contributed by atoms with Gasteiger partial charge in [-0.1, -0.05) is 31.2 Å². The molecule has 0 radical (unpaired) electrons. The Kier molecular flexibility index (Phi) is 8.70. The fraction of sp³-hybridized carbons (Fsp3) is 0.391. The summed E-state index contributed by atoms with van der Waals surface area (Å²) in [6.45, 7) is 7.74. The van der Waals surface area contributed by atoms with Gasteiger partial charge in [-0.15, -0.1) is 11.3 Å². The van der Waals surface area contributed by atoms with E-state index in [1.807, 2.05) is 6.20 Å². The van der Waals surface area contributed by atoms with Gasteiger partial charge >= 0.3 is 11.9 Å². The molecule has 1 fully saturated rings. The smallest absolute Gasteiger partial charge is 0.414 e. The van der Waals surface area contributed by atoms with E-state index in [2.05, 4.69) is 52.0 Å². The number of hydrogen-bond donors (Lipinski definition) is 3. The first kappa shape index (κ1) is 24.6. The molecule has 0 saturated carbocycles. The number of piperazine rings is 1. The van der Waals surface area contributed by atoms with Crippen LogP contribution in [0.15, 0.2) is 36.5 Å². The molecule has 0 bridgehead atoms. The van der Waals surface area contributed by atoms with E-state index < -0.39 is 11.9 Å². The first-order chi connectivity index (χ1) is 15.9. The third-order valence-corrected chi connectivity index (χ3v) is 6.46. The number of nitrogens with zero attached hydrogens (tertiary/aromatic N) is 4. The number of carbonyl (C=O) groups is 2. The molecular weight excluding hydrogens is 444 g/mol. The van der Waals surface area contributed by atoms with Gasteiger partial charge in [0.2, 0.25) is 0 Å². The second-order valence-electron chi connectivity index (χ2n) is 7.53. The number of pyridine rings is 1. The van der Waals surface area contributed by atoms with E-state index in [0.717, 1.165) is 67.0 Å². The van der Waals surface area contributed by atoms with Crippen molar-refractivity contribution in [3.8, 4) is 10.6 Å². The second kappa shape index (κ2) is 11.7. The van der Waals surface area contributed by atoms with Gasteiger partial charge in [-0.25, -0.2) is 19.6 Å². The topological polar surface area (TPSA) is 127 Å². The molecule has 176 valence electrons. The fourth-order valence-electron chi connectivity index (χ4n) is 3.60. The molecule has 2 aromatic heterocycles. The van der Waals surface area contributed by atoms with Crippen LogP contribution >= 0.6 is 11.3 Å². The van der Waals surface area contributed by atoms with Crippen molar-refractivity contribution in [3.05, 3.63) is 41.5 Å².